The Hall–Kier alpha value is -1.77. The molecule has 6 heteroatoms. The third-order valence-electron chi connectivity index (χ3n) is 1.53. The van der Waals surface area contributed by atoms with E-state index in [9.17, 15) is 18.0 Å². The van der Waals surface area contributed by atoms with E-state index < -0.39 is 17.5 Å². The van der Waals surface area contributed by atoms with Gasteiger partial charge in [0.25, 0.3) is 5.78 Å². The van der Waals surface area contributed by atoms with Crippen molar-refractivity contribution in [3.05, 3.63) is 23.9 Å². The molecule has 82 valence electrons. The van der Waals surface area contributed by atoms with Crippen molar-refractivity contribution < 1.29 is 18.0 Å². The molecule has 15 heavy (non-hydrogen) atoms. The van der Waals surface area contributed by atoms with Crippen molar-refractivity contribution in [2.45, 2.75) is 6.18 Å². The molecule has 0 aromatic carbocycles. The van der Waals surface area contributed by atoms with E-state index in [-0.39, 0.29) is 5.70 Å². The first-order chi connectivity index (χ1) is 6.75. The van der Waals surface area contributed by atoms with Crippen molar-refractivity contribution in [3.8, 4) is 6.07 Å². The number of likely N-dealkylation sites (N-methyl/N-ethyl adjacent to an activating group) is 1. The van der Waals surface area contributed by atoms with Crippen molar-refractivity contribution in [2.24, 2.45) is 0 Å². The molecule has 0 saturated heterocycles. The summed E-state index contributed by atoms with van der Waals surface area (Å²) in [5.41, 5.74) is -1.11. The number of nitrogens with zero attached hydrogens (tertiary/aromatic N) is 2. The van der Waals surface area contributed by atoms with Crippen LogP contribution in [0, 0.1) is 11.3 Å². The van der Waals surface area contributed by atoms with Gasteiger partial charge >= 0.3 is 6.18 Å². The normalized spacial score (nSPS) is 12.5. The van der Waals surface area contributed by atoms with E-state index in [1.165, 1.54) is 25.1 Å². The Kier molecular flexibility index (Phi) is 4.09. The van der Waals surface area contributed by atoms with E-state index >= 15 is 0 Å². The molecule has 0 aliphatic rings. The standard InChI is InChI=1S/C9H9F3N2O/c1-4-7(14(2)3)6(5-13)8(15)9(10,11)12/h4H,1H2,2-3H3. The Bertz CT molecular complexity index is 347. The van der Waals surface area contributed by atoms with Crippen molar-refractivity contribution in [1.82, 2.24) is 4.90 Å². The van der Waals surface area contributed by atoms with Crippen LogP contribution >= 0.6 is 0 Å². The Morgan fingerprint density at radius 1 is 1.47 bits per heavy atom. The highest BCUT2D eigenvalue weighted by molar-refractivity contribution is 6.03. The van der Waals surface area contributed by atoms with Gasteiger partial charge in [0.1, 0.15) is 11.6 Å². The topological polar surface area (TPSA) is 44.1 Å². The zero-order chi connectivity index (χ0) is 12.2. The van der Waals surface area contributed by atoms with Gasteiger partial charge in [-0.15, -0.1) is 0 Å². The van der Waals surface area contributed by atoms with Crippen LogP contribution in [0.3, 0.4) is 0 Å². The maximum absolute atomic E-state index is 12.1. The Morgan fingerprint density at radius 3 is 2.13 bits per heavy atom. The molecule has 0 atom stereocenters. The number of hydrogen-bond acceptors (Lipinski definition) is 3. The van der Waals surface area contributed by atoms with Crippen molar-refractivity contribution >= 4 is 5.78 Å². The molecule has 0 aromatic rings. The van der Waals surface area contributed by atoms with Crippen LogP contribution in [0.25, 0.3) is 0 Å². The summed E-state index contributed by atoms with van der Waals surface area (Å²) in [4.78, 5) is 12.0. The number of Topliss-reactive ketones (excluding diaryl/α,β-unsaturated/α-hetero) is 1. The fourth-order valence-electron chi connectivity index (χ4n) is 0.874. The van der Waals surface area contributed by atoms with Crippen molar-refractivity contribution in [3.63, 3.8) is 0 Å². The zero-order valence-corrected chi connectivity index (χ0v) is 8.22. The smallest absolute Gasteiger partial charge is 0.376 e. The van der Waals surface area contributed by atoms with Crippen LogP contribution in [0.1, 0.15) is 0 Å². The van der Waals surface area contributed by atoms with Gasteiger partial charge in [0, 0.05) is 14.1 Å². The van der Waals surface area contributed by atoms with E-state index in [1.807, 2.05) is 0 Å². The Labute approximate surface area is 85.1 Å². The second-order valence-electron chi connectivity index (χ2n) is 2.80. The molecule has 0 radical (unpaired) electrons. The van der Waals surface area contributed by atoms with Gasteiger partial charge < -0.3 is 4.90 Å². The SMILES string of the molecule is C=CC(=C(C#N)C(=O)C(F)(F)F)N(C)C. The minimum atomic E-state index is -5.05. The Morgan fingerprint density at radius 2 is 1.93 bits per heavy atom. The first-order valence-corrected chi connectivity index (χ1v) is 3.81. The van der Waals surface area contributed by atoms with Gasteiger partial charge in [-0.1, -0.05) is 6.58 Å². The fraction of sp³-hybridized carbons (Fsp3) is 0.333. The largest absolute Gasteiger partial charge is 0.455 e. The van der Waals surface area contributed by atoms with Crippen LogP contribution in [-0.4, -0.2) is 31.0 Å². The molecule has 0 aromatic heterocycles. The summed E-state index contributed by atoms with van der Waals surface area (Å²) >= 11 is 0. The summed E-state index contributed by atoms with van der Waals surface area (Å²) in [7, 11) is 2.83. The van der Waals surface area contributed by atoms with Crippen LogP contribution in [0.15, 0.2) is 23.9 Å². The lowest BCUT2D eigenvalue weighted by atomic mass is 10.1. The predicted octanol–water partition coefficient (Wildman–Crippen LogP) is 1.64. The second-order valence-corrected chi connectivity index (χ2v) is 2.80. The minimum Gasteiger partial charge on any atom is -0.376 e. The van der Waals surface area contributed by atoms with Crippen LogP contribution in [0.4, 0.5) is 13.2 Å². The Balaban J connectivity index is 5.53. The molecule has 0 aliphatic heterocycles. The number of carbonyl (C=O) groups excluding carboxylic acids is 1. The molecule has 0 fully saturated rings. The molecule has 3 nitrogen and oxygen atoms in total. The van der Waals surface area contributed by atoms with Crippen LogP contribution < -0.4 is 0 Å². The van der Waals surface area contributed by atoms with Crippen LogP contribution in [0.5, 0.6) is 0 Å². The van der Waals surface area contributed by atoms with Gasteiger partial charge in [-0.05, 0) is 6.08 Å². The zero-order valence-electron chi connectivity index (χ0n) is 8.22. The summed E-state index contributed by atoms with van der Waals surface area (Å²) in [6.45, 7) is 3.25. The van der Waals surface area contributed by atoms with Gasteiger partial charge in [0.05, 0.1) is 5.70 Å². The van der Waals surface area contributed by atoms with E-state index in [4.69, 9.17) is 5.26 Å². The lowest BCUT2D eigenvalue weighted by Gasteiger charge is -2.15. The van der Waals surface area contributed by atoms with Gasteiger partial charge in [-0.2, -0.15) is 18.4 Å². The van der Waals surface area contributed by atoms with Gasteiger partial charge in [0.2, 0.25) is 0 Å². The molecule has 0 saturated carbocycles. The third-order valence-corrected chi connectivity index (χ3v) is 1.53. The van der Waals surface area contributed by atoms with E-state index in [0.717, 1.165) is 6.08 Å². The number of ketones is 1. The summed E-state index contributed by atoms with van der Waals surface area (Å²) in [6.07, 6.45) is -4.02. The molecular formula is C9H9F3N2O. The van der Waals surface area contributed by atoms with E-state index in [0.29, 0.717) is 0 Å². The average Bonchev–Trinajstić information content (AvgIpc) is 2.10. The maximum Gasteiger partial charge on any atom is 0.455 e. The number of nitriles is 1. The average molecular weight is 218 g/mol. The predicted molar refractivity (Wildman–Crippen MR) is 47.6 cm³/mol. The van der Waals surface area contributed by atoms with Gasteiger partial charge in [-0.3, -0.25) is 4.79 Å². The van der Waals surface area contributed by atoms with Crippen LogP contribution in [-0.2, 0) is 4.79 Å². The molecule has 0 N–H and O–H groups in total. The molecule has 0 heterocycles. The molecular weight excluding hydrogens is 209 g/mol. The number of halogens is 3. The summed E-state index contributed by atoms with van der Waals surface area (Å²) in [5, 5.41) is 8.51. The third kappa shape index (κ3) is 3.13. The summed E-state index contributed by atoms with van der Waals surface area (Å²) in [5.74, 6) is -2.16. The number of hydrogen-bond donors (Lipinski definition) is 0. The van der Waals surface area contributed by atoms with Crippen molar-refractivity contribution in [1.29, 1.82) is 5.26 Å². The first kappa shape index (κ1) is 13.2. The quantitative estimate of drug-likeness (QED) is 0.411. The number of alkyl halides is 3. The van der Waals surface area contributed by atoms with Crippen LogP contribution in [0.2, 0.25) is 0 Å². The monoisotopic (exact) mass is 218 g/mol. The molecule has 0 rings (SSSR count). The molecule has 0 bridgehead atoms. The molecule has 0 amide bonds. The number of carbonyl (C=O) groups is 1. The maximum atomic E-state index is 12.1. The minimum absolute atomic E-state index is 0.153. The lowest BCUT2D eigenvalue weighted by Crippen LogP contribution is -2.27. The summed E-state index contributed by atoms with van der Waals surface area (Å²) in [6, 6.07) is 1.24. The highest BCUT2D eigenvalue weighted by Gasteiger charge is 2.42. The number of allylic oxidation sites excluding steroid dienone is 2. The van der Waals surface area contributed by atoms with Gasteiger partial charge in [0.15, 0.2) is 0 Å². The molecule has 0 aliphatic carbocycles. The lowest BCUT2D eigenvalue weighted by molar-refractivity contribution is -0.166. The van der Waals surface area contributed by atoms with Crippen molar-refractivity contribution in [2.75, 3.05) is 14.1 Å². The second kappa shape index (κ2) is 4.64. The first-order valence-electron chi connectivity index (χ1n) is 3.81. The van der Waals surface area contributed by atoms with E-state index in [1.54, 1.807) is 0 Å². The highest BCUT2D eigenvalue weighted by atomic mass is 19.4. The fourth-order valence-corrected chi connectivity index (χ4v) is 0.874. The highest BCUT2D eigenvalue weighted by Crippen LogP contribution is 2.23. The number of rotatable bonds is 3. The summed E-state index contributed by atoms with van der Waals surface area (Å²) < 4.78 is 36.2. The molecule has 0 unspecified atom stereocenters. The van der Waals surface area contributed by atoms with Gasteiger partial charge in [-0.25, -0.2) is 0 Å². The molecule has 0 spiro atoms. The van der Waals surface area contributed by atoms with E-state index in [2.05, 4.69) is 6.58 Å².